The van der Waals surface area contributed by atoms with Crippen molar-refractivity contribution in [3.05, 3.63) is 60.7 Å². The maximum Gasteiger partial charge on any atom is 0.508 e. The normalized spacial score (nSPS) is 9.82. The van der Waals surface area contributed by atoms with Gasteiger partial charge in [-0.1, -0.05) is 36.4 Å². The number of hydrogen-bond donors (Lipinski definition) is 0. The Morgan fingerprint density at radius 2 is 1.05 bits per heavy atom. The van der Waals surface area contributed by atoms with Crippen molar-refractivity contribution >= 4 is 6.16 Å². The molecule has 0 spiro atoms. The Bertz CT molecular complexity index is 492. The average molecular weight is 302 g/mol. The number of benzene rings is 2. The van der Waals surface area contributed by atoms with E-state index >= 15 is 0 Å². The van der Waals surface area contributed by atoms with Gasteiger partial charge in [-0.3, -0.25) is 0 Å². The molecule has 0 N–H and O–H groups in total. The van der Waals surface area contributed by atoms with Crippen molar-refractivity contribution in [3.63, 3.8) is 0 Å². The Labute approximate surface area is 129 Å². The summed E-state index contributed by atoms with van der Waals surface area (Å²) in [5.41, 5.74) is 0. The molecule has 0 heterocycles. The van der Waals surface area contributed by atoms with Crippen LogP contribution < -0.4 is 9.47 Å². The van der Waals surface area contributed by atoms with Gasteiger partial charge >= 0.3 is 6.16 Å². The second kappa shape index (κ2) is 9.28. The molecule has 0 atom stereocenters. The summed E-state index contributed by atoms with van der Waals surface area (Å²) in [7, 11) is 0. The third-order valence-corrected chi connectivity index (χ3v) is 2.63. The second-order valence-electron chi connectivity index (χ2n) is 4.27. The van der Waals surface area contributed by atoms with Crippen LogP contribution in [0.25, 0.3) is 0 Å². The van der Waals surface area contributed by atoms with Crippen molar-refractivity contribution in [2.24, 2.45) is 0 Å². The molecule has 0 fully saturated rings. The molecule has 0 unspecified atom stereocenters. The molecule has 2 aromatic rings. The average Bonchev–Trinajstić information content (AvgIpc) is 2.57. The number of para-hydroxylation sites is 2. The molecule has 5 nitrogen and oxygen atoms in total. The zero-order valence-electron chi connectivity index (χ0n) is 12.1. The van der Waals surface area contributed by atoms with Crippen LogP contribution in [0.4, 0.5) is 4.79 Å². The number of carbonyl (C=O) groups is 1. The third kappa shape index (κ3) is 6.17. The minimum atomic E-state index is -0.728. The molecule has 5 heteroatoms. The van der Waals surface area contributed by atoms with Crippen molar-refractivity contribution in [2.45, 2.75) is 0 Å². The molecule has 0 aliphatic carbocycles. The maximum atomic E-state index is 11.3. The van der Waals surface area contributed by atoms with Crippen molar-refractivity contribution in [3.8, 4) is 11.5 Å². The Balaban J connectivity index is 1.49. The van der Waals surface area contributed by atoms with Gasteiger partial charge in [-0.05, 0) is 24.3 Å². The molecule has 0 amide bonds. The lowest BCUT2D eigenvalue weighted by atomic mass is 10.3. The van der Waals surface area contributed by atoms with Gasteiger partial charge in [0.25, 0.3) is 0 Å². The third-order valence-electron chi connectivity index (χ3n) is 2.63. The predicted molar refractivity (Wildman–Crippen MR) is 81.2 cm³/mol. The molecule has 2 aromatic carbocycles. The number of rotatable bonds is 8. The highest BCUT2D eigenvalue weighted by Crippen LogP contribution is 2.08. The van der Waals surface area contributed by atoms with Gasteiger partial charge in [0, 0.05) is 0 Å². The first-order valence-corrected chi connectivity index (χ1v) is 7.00. The first-order chi connectivity index (χ1) is 10.8. The van der Waals surface area contributed by atoms with E-state index < -0.39 is 6.16 Å². The van der Waals surface area contributed by atoms with Crippen LogP contribution in [0.3, 0.4) is 0 Å². The smallest absolute Gasteiger partial charge is 0.490 e. The molecule has 0 aliphatic heterocycles. The summed E-state index contributed by atoms with van der Waals surface area (Å²) in [6.45, 7) is 0.819. The second-order valence-corrected chi connectivity index (χ2v) is 4.27. The zero-order chi connectivity index (χ0) is 15.5. The van der Waals surface area contributed by atoms with Crippen LogP contribution in [0.15, 0.2) is 60.7 Å². The highest BCUT2D eigenvalue weighted by molar-refractivity contribution is 5.59. The van der Waals surface area contributed by atoms with E-state index in [1.807, 2.05) is 60.7 Å². The Hall–Kier alpha value is -2.69. The van der Waals surface area contributed by atoms with Crippen molar-refractivity contribution in [2.75, 3.05) is 26.4 Å². The van der Waals surface area contributed by atoms with E-state index in [2.05, 4.69) is 0 Å². The predicted octanol–water partition coefficient (Wildman–Crippen LogP) is 3.30. The molecular weight excluding hydrogens is 284 g/mol. The monoisotopic (exact) mass is 302 g/mol. The fourth-order valence-corrected chi connectivity index (χ4v) is 1.64. The lowest BCUT2D eigenvalue weighted by molar-refractivity contribution is 0.0383. The minimum Gasteiger partial charge on any atom is -0.490 e. The van der Waals surface area contributed by atoms with Crippen LogP contribution in [0.2, 0.25) is 0 Å². The van der Waals surface area contributed by atoms with Gasteiger partial charge in [-0.15, -0.1) is 0 Å². The van der Waals surface area contributed by atoms with E-state index in [-0.39, 0.29) is 26.4 Å². The number of carbonyl (C=O) groups excluding carboxylic acids is 1. The first-order valence-electron chi connectivity index (χ1n) is 7.00. The summed E-state index contributed by atoms with van der Waals surface area (Å²) >= 11 is 0. The Morgan fingerprint density at radius 1 is 0.636 bits per heavy atom. The fourth-order valence-electron chi connectivity index (χ4n) is 1.64. The molecule has 116 valence electrons. The van der Waals surface area contributed by atoms with Crippen molar-refractivity contribution in [1.29, 1.82) is 0 Å². The van der Waals surface area contributed by atoms with Gasteiger partial charge in [0.05, 0.1) is 0 Å². The lowest BCUT2D eigenvalue weighted by Gasteiger charge is -2.08. The van der Waals surface area contributed by atoms with Crippen LogP contribution in [-0.2, 0) is 9.47 Å². The molecule has 0 bridgehead atoms. The Morgan fingerprint density at radius 3 is 1.45 bits per heavy atom. The number of hydrogen-bond acceptors (Lipinski definition) is 5. The molecule has 0 aliphatic rings. The molecule has 0 radical (unpaired) electrons. The quantitative estimate of drug-likeness (QED) is 0.553. The van der Waals surface area contributed by atoms with Crippen LogP contribution in [-0.4, -0.2) is 32.6 Å². The van der Waals surface area contributed by atoms with Gasteiger partial charge in [0.2, 0.25) is 0 Å². The van der Waals surface area contributed by atoms with E-state index in [1.54, 1.807) is 0 Å². The summed E-state index contributed by atoms with van der Waals surface area (Å²) in [4.78, 5) is 11.3. The van der Waals surface area contributed by atoms with Crippen LogP contribution in [0.5, 0.6) is 11.5 Å². The largest absolute Gasteiger partial charge is 0.508 e. The topological polar surface area (TPSA) is 54.0 Å². The summed E-state index contributed by atoms with van der Waals surface area (Å²) in [5, 5.41) is 0. The van der Waals surface area contributed by atoms with E-state index in [0.29, 0.717) is 0 Å². The SMILES string of the molecule is O=C(OCCOc1ccccc1)OCCOc1ccccc1. The molecule has 0 aromatic heterocycles. The standard InChI is InChI=1S/C17H18O5/c18-17(21-13-11-19-15-7-3-1-4-8-15)22-14-12-20-16-9-5-2-6-10-16/h1-10H,11-14H2. The van der Waals surface area contributed by atoms with E-state index in [1.165, 1.54) is 0 Å². The van der Waals surface area contributed by atoms with Crippen molar-refractivity contribution < 1.29 is 23.7 Å². The van der Waals surface area contributed by atoms with E-state index in [4.69, 9.17) is 18.9 Å². The van der Waals surface area contributed by atoms with Gasteiger partial charge in [-0.2, -0.15) is 0 Å². The Kier molecular flexibility index (Phi) is 6.62. The summed E-state index contributed by atoms with van der Waals surface area (Å²) in [6, 6.07) is 18.6. The molecule has 2 rings (SSSR count). The van der Waals surface area contributed by atoms with Gasteiger partial charge in [-0.25, -0.2) is 4.79 Å². The van der Waals surface area contributed by atoms with Crippen LogP contribution >= 0.6 is 0 Å². The van der Waals surface area contributed by atoms with E-state index in [0.717, 1.165) is 11.5 Å². The highest BCUT2D eigenvalue weighted by Gasteiger charge is 2.03. The molecule has 0 saturated heterocycles. The van der Waals surface area contributed by atoms with E-state index in [9.17, 15) is 4.79 Å². The zero-order valence-corrected chi connectivity index (χ0v) is 12.1. The summed E-state index contributed by atoms with van der Waals surface area (Å²) in [5.74, 6) is 1.46. The fraction of sp³-hybridized carbons (Fsp3) is 0.235. The molecule has 22 heavy (non-hydrogen) atoms. The molecule has 0 saturated carbocycles. The van der Waals surface area contributed by atoms with Crippen LogP contribution in [0.1, 0.15) is 0 Å². The summed E-state index contributed by atoms with van der Waals surface area (Å²) in [6.07, 6.45) is -0.728. The van der Waals surface area contributed by atoms with Gasteiger partial charge in [0.15, 0.2) is 0 Å². The van der Waals surface area contributed by atoms with Crippen LogP contribution in [0, 0.1) is 0 Å². The lowest BCUT2D eigenvalue weighted by Crippen LogP contribution is -2.16. The first kappa shape index (κ1) is 15.7. The summed E-state index contributed by atoms with van der Waals surface area (Å²) < 4.78 is 20.5. The minimum absolute atomic E-state index is 0.132. The van der Waals surface area contributed by atoms with Crippen molar-refractivity contribution in [1.82, 2.24) is 0 Å². The molecular formula is C17H18O5. The maximum absolute atomic E-state index is 11.3. The highest BCUT2D eigenvalue weighted by atomic mass is 16.7. The number of ether oxygens (including phenoxy) is 4. The van der Waals surface area contributed by atoms with Gasteiger partial charge < -0.3 is 18.9 Å². The van der Waals surface area contributed by atoms with Gasteiger partial charge in [0.1, 0.15) is 37.9 Å².